The third-order valence-corrected chi connectivity index (χ3v) is 7.43. The predicted octanol–water partition coefficient (Wildman–Crippen LogP) is 13.5. The van der Waals surface area contributed by atoms with Crippen molar-refractivity contribution in [2.24, 2.45) is 0 Å². The Morgan fingerprint density at radius 2 is 0.765 bits per heavy atom. The van der Waals surface area contributed by atoms with Crippen LogP contribution >= 0.6 is 0 Å². The third kappa shape index (κ3) is 42.8. The molecule has 0 spiro atoms. The largest absolute Gasteiger partial charge is 0.379 e. The summed E-state index contributed by atoms with van der Waals surface area (Å²) in [5, 5.41) is 0. The zero-order valence-corrected chi connectivity index (χ0v) is 33.1. The van der Waals surface area contributed by atoms with Crippen LogP contribution in [0.25, 0.3) is 0 Å². The molecule has 0 aromatic heterocycles. The average molecular weight is 698 g/mol. The molecule has 0 aliphatic carbocycles. The summed E-state index contributed by atoms with van der Waals surface area (Å²) in [4.78, 5) is 2.18. The molecular weight excluding hydrogens is 623 g/mol. The van der Waals surface area contributed by atoms with E-state index in [1.165, 1.54) is 0 Å². The van der Waals surface area contributed by atoms with E-state index in [1.807, 2.05) is 0 Å². The highest BCUT2D eigenvalue weighted by Gasteiger charge is 2.10. The highest BCUT2D eigenvalue weighted by molar-refractivity contribution is 5.03. The molecule has 0 fully saturated rings. The molecule has 1 unspecified atom stereocenters. The maximum atomic E-state index is 6.17. The first-order valence-electron chi connectivity index (χ1n) is 19.8. The van der Waals surface area contributed by atoms with Crippen molar-refractivity contribution in [3.63, 3.8) is 0 Å². The Balaban J connectivity index is 3.83. The lowest BCUT2D eigenvalue weighted by Gasteiger charge is -2.21. The molecule has 0 saturated heterocycles. The molecular formula is C48H75NO2. The number of nitrogens with zero attached hydrogens (tertiary/aromatic N) is 1. The van der Waals surface area contributed by atoms with Gasteiger partial charge in [0, 0.05) is 19.8 Å². The number of allylic oxidation sites excluding steroid dienone is 24. The first kappa shape index (κ1) is 47.8. The second kappa shape index (κ2) is 42.9. The van der Waals surface area contributed by atoms with Gasteiger partial charge in [-0.05, 0) is 117 Å². The molecule has 0 heterocycles. The summed E-state index contributed by atoms with van der Waals surface area (Å²) in [6, 6.07) is 0. The van der Waals surface area contributed by atoms with Gasteiger partial charge in [0.05, 0.1) is 12.7 Å². The van der Waals surface area contributed by atoms with E-state index in [4.69, 9.17) is 9.47 Å². The van der Waals surface area contributed by atoms with Gasteiger partial charge in [0.25, 0.3) is 0 Å². The van der Waals surface area contributed by atoms with Crippen LogP contribution in [0.1, 0.15) is 110 Å². The summed E-state index contributed by atoms with van der Waals surface area (Å²) in [5.41, 5.74) is 0. The molecule has 0 radical (unpaired) electrons. The van der Waals surface area contributed by atoms with E-state index in [0.29, 0.717) is 6.61 Å². The van der Waals surface area contributed by atoms with Crippen LogP contribution in [0.15, 0.2) is 146 Å². The molecule has 1 atom stereocenters. The maximum absolute atomic E-state index is 6.17. The van der Waals surface area contributed by atoms with Crippen LogP contribution < -0.4 is 0 Å². The SMILES string of the molecule is C/C=C\C/C=C\C/C=C\C/C=C\C/C=C\C/C=C\CCCOC(COCCC/C=C\C/C=C\C/C=C\C/C=C\C/C=C\C/C=C\CC)CN(C)C. The van der Waals surface area contributed by atoms with E-state index < -0.39 is 0 Å². The fourth-order valence-corrected chi connectivity index (χ4v) is 4.68. The summed E-state index contributed by atoms with van der Waals surface area (Å²) in [7, 11) is 4.18. The zero-order chi connectivity index (χ0) is 37.0. The average Bonchev–Trinajstić information content (AvgIpc) is 3.12. The highest BCUT2D eigenvalue weighted by Crippen LogP contribution is 2.03. The van der Waals surface area contributed by atoms with Gasteiger partial charge < -0.3 is 14.4 Å². The Hall–Kier alpha value is -3.24. The molecule has 0 N–H and O–H groups in total. The lowest BCUT2D eigenvalue weighted by atomic mass is 10.2. The normalized spacial score (nSPS) is 14.3. The second-order valence-electron chi connectivity index (χ2n) is 12.6. The van der Waals surface area contributed by atoms with E-state index in [-0.39, 0.29) is 6.10 Å². The van der Waals surface area contributed by atoms with Gasteiger partial charge in [0.15, 0.2) is 0 Å². The summed E-state index contributed by atoms with van der Waals surface area (Å²) in [6.45, 7) is 7.31. The van der Waals surface area contributed by atoms with Gasteiger partial charge in [0.1, 0.15) is 0 Å². The van der Waals surface area contributed by atoms with E-state index in [0.717, 1.165) is 116 Å². The lowest BCUT2D eigenvalue weighted by Crippen LogP contribution is -2.32. The smallest absolute Gasteiger partial charge is 0.0934 e. The van der Waals surface area contributed by atoms with Crippen LogP contribution in [0.3, 0.4) is 0 Å². The van der Waals surface area contributed by atoms with Crippen molar-refractivity contribution in [3.8, 4) is 0 Å². The van der Waals surface area contributed by atoms with E-state index in [1.54, 1.807) is 0 Å². The number of rotatable bonds is 34. The quantitative estimate of drug-likeness (QED) is 0.0493. The first-order chi connectivity index (χ1) is 25.2. The minimum atomic E-state index is 0.117. The molecule has 3 heteroatoms. The van der Waals surface area contributed by atoms with Crippen LogP contribution in [-0.4, -0.2) is 51.5 Å². The van der Waals surface area contributed by atoms with Gasteiger partial charge in [-0.3, -0.25) is 0 Å². The van der Waals surface area contributed by atoms with Crippen LogP contribution in [0, 0.1) is 0 Å². The van der Waals surface area contributed by atoms with Crippen molar-refractivity contribution >= 4 is 0 Å². The Morgan fingerprint density at radius 3 is 1.12 bits per heavy atom. The molecule has 0 saturated carbocycles. The highest BCUT2D eigenvalue weighted by atomic mass is 16.5. The van der Waals surface area contributed by atoms with Gasteiger partial charge in [-0.15, -0.1) is 0 Å². The summed E-state index contributed by atoms with van der Waals surface area (Å²) < 4.78 is 12.1. The fraction of sp³-hybridized carbons (Fsp3) is 0.500. The zero-order valence-electron chi connectivity index (χ0n) is 33.1. The van der Waals surface area contributed by atoms with Gasteiger partial charge in [-0.1, -0.05) is 153 Å². The Kier molecular flexibility index (Phi) is 40.2. The van der Waals surface area contributed by atoms with Crippen molar-refractivity contribution < 1.29 is 9.47 Å². The van der Waals surface area contributed by atoms with Crippen molar-refractivity contribution in [1.82, 2.24) is 4.90 Å². The molecule has 3 nitrogen and oxygen atoms in total. The van der Waals surface area contributed by atoms with Crippen molar-refractivity contribution in [3.05, 3.63) is 146 Å². The lowest BCUT2D eigenvalue weighted by molar-refractivity contribution is -0.0277. The van der Waals surface area contributed by atoms with Gasteiger partial charge in [-0.2, -0.15) is 0 Å². The molecule has 284 valence electrons. The maximum Gasteiger partial charge on any atom is 0.0934 e. The van der Waals surface area contributed by atoms with Gasteiger partial charge >= 0.3 is 0 Å². The molecule has 0 aromatic rings. The molecule has 0 aliphatic heterocycles. The Labute approximate surface area is 316 Å². The molecule has 0 amide bonds. The molecule has 0 aromatic carbocycles. The molecule has 0 bridgehead atoms. The third-order valence-electron chi connectivity index (χ3n) is 7.43. The van der Waals surface area contributed by atoms with Crippen LogP contribution in [0.4, 0.5) is 0 Å². The predicted molar refractivity (Wildman–Crippen MR) is 229 cm³/mol. The first-order valence-corrected chi connectivity index (χ1v) is 19.8. The van der Waals surface area contributed by atoms with E-state index in [2.05, 4.69) is 179 Å². The van der Waals surface area contributed by atoms with Gasteiger partial charge in [-0.25, -0.2) is 0 Å². The second-order valence-corrected chi connectivity index (χ2v) is 12.6. The topological polar surface area (TPSA) is 21.7 Å². The van der Waals surface area contributed by atoms with Gasteiger partial charge in [0.2, 0.25) is 0 Å². The number of ether oxygens (including phenoxy) is 2. The van der Waals surface area contributed by atoms with Crippen molar-refractivity contribution in [2.45, 2.75) is 116 Å². The number of likely N-dealkylation sites (N-methyl/N-ethyl adjacent to an activating group) is 1. The standard InChI is InChI=1S/C48H75NO2/c1-5-7-9-11-13-15-17-19-21-23-25-27-28-30-32-34-36-38-40-42-44-50-47-48(46-49(3)4)51-45-43-41-39-37-35-33-31-29-26-24-22-20-18-16-14-12-10-8-6-2/h6-9,12-15,18-21,24-27,30-33,36-39,48H,5,10-11,16-17,22-23,28-29,34-35,40-47H2,1-4H3/b8-6-,9-7-,14-12-,15-13-,20-18-,21-19-,26-24-,27-25-,32-30-,33-31-,38-36-,39-37-. The molecule has 51 heavy (non-hydrogen) atoms. The Morgan fingerprint density at radius 1 is 0.431 bits per heavy atom. The van der Waals surface area contributed by atoms with Crippen molar-refractivity contribution in [2.75, 3.05) is 40.5 Å². The minimum Gasteiger partial charge on any atom is -0.379 e. The van der Waals surface area contributed by atoms with E-state index >= 15 is 0 Å². The van der Waals surface area contributed by atoms with Crippen LogP contribution in [0.5, 0.6) is 0 Å². The fourth-order valence-electron chi connectivity index (χ4n) is 4.68. The summed E-state index contributed by atoms with van der Waals surface area (Å²) in [6.07, 6.45) is 69.0. The number of hydrogen-bond donors (Lipinski definition) is 0. The minimum absolute atomic E-state index is 0.117. The summed E-state index contributed by atoms with van der Waals surface area (Å²) in [5.74, 6) is 0. The molecule has 0 rings (SSSR count). The van der Waals surface area contributed by atoms with Crippen molar-refractivity contribution in [1.29, 1.82) is 0 Å². The van der Waals surface area contributed by atoms with E-state index in [9.17, 15) is 0 Å². The monoisotopic (exact) mass is 698 g/mol. The van der Waals surface area contributed by atoms with Crippen LogP contribution in [-0.2, 0) is 9.47 Å². The van der Waals surface area contributed by atoms with Crippen LogP contribution in [0.2, 0.25) is 0 Å². The Bertz CT molecular complexity index is 1090. The number of hydrogen-bond acceptors (Lipinski definition) is 3. The molecule has 0 aliphatic rings. The number of unbranched alkanes of at least 4 members (excludes halogenated alkanes) is 2. The summed E-state index contributed by atoms with van der Waals surface area (Å²) >= 11 is 0.